The Morgan fingerprint density at radius 1 is 0.947 bits per heavy atom. The molecule has 1 aliphatic rings. The van der Waals surface area contributed by atoms with Gasteiger partial charge in [0.05, 0.1) is 11.1 Å². The van der Waals surface area contributed by atoms with E-state index in [0.29, 0.717) is 11.1 Å². The molecule has 0 spiro atoms. The fraction of sp³-hybridized carbons (Fsp3) is 0.500. The molecule has 1 aromatic rings. The molecular formula is C16H21NO2. The van der Waals surface area contributed by atoms with Crippen LogP contribution in [0.25, 0.3) is 0 Å². The van der Waals surface area contributed by atoms with Crippen molar-refractivity contribution in [1.82, 2.24) is 4.90 Å². The van der Waals surface area contributed by atoms with Crippen molar-refractivity contribution >= 4 is 11.8 Å². The second-order valence-corrected chi connectivity index (χ2v) is 5.49. The van der Waals surface area contributed by atoms with Crippen LogP contribution in [0.3, 0.4) is 0 Å². The molecule has 0 fully saturated rings. The Morgan fingerprint density at radius 2 is 1.37 bits per heavy atom. The molecule has 3 heteroatoms. The van der Waals surface area contributed by atoms with Crippen LogP contribution in [0.1, 0.15) is 67.2 Å². The maximum atomic E-state index is 12.5. The minimum atomic E-state index is -0.364. The first-order valence-electron chi connectivity index (χ1n) is 7.03. The molecule has 0 N–H and O–H groups in total. The minimum Gasteiger partial charge on any atom is -0.269 e. The van der Waals surface area contributed by atoms with Gasteiger partial charge in [-0.05, 0) is 31.9 Å². The van der Waals surface area contributed by atoms with Crippen LogP contribution in [0.5, 0.6) is 0 Å². The van der Waals surface area contributed by atoms with Gasteiger partial charge in [-0.2, -0.15) is 0 Å². The van der Waals surface area contributed by atoms with Crippen molar-refractivity contribution in [2.24, 2.45) is 0 Å². The number of rotatable bonds is 5. The van der Waals surface area contributed by atoms with Gasteiger partial charge in [0.25, 0.3) is 11.8 Å². The van der Waals surface area contributed by atoms with Crippen molar-refractivity contribution in [3.8, 4) is 0 Å². The van der Waals surface area contributed by atoms with E-state index in [2.05, 4.69) is 13.8 Å². The molecule has 0 unspecified atom stereocenters. The molecule has 0 aliphatic carbocycles. The summed E-state index contributed by atoms with van der Waals surface area (Å²) in [5.41, 5.74) is 0.730. The molecule has 2 amide bonds. The van der Waals surface area contributed by atoms with E-state index >= 15 is 0 Å². The minimum absolute atomic E-state index is 0.134. The smallest absolute Gasteiger partial charge is 0.262 e. The average Bonchev–Trinajstić information content (AvgIpc) is 2.64. The fourth-order valence-electron chi connectivity index (χ4n) is 3.11. The molecule has 1 aliphatic heterocycles. The Labute approximate surface area is 114 Å². The van der Waals surface area contributed by atoms with Crippen LogP contribution in [0.4, 0.5) is 0 Å². The lowest BCUT2D eigenvalue weighted by molar-refractivity contribution is 0.0413. The van der Waals surface area contributed by atoms with E-state index in [9.17, 15) is 9.59 Å². The Hall–Kier alpha value is -1.64. The van der Waals surface area contributed by atoms with Gasteiger partial charge in [0, 0.05) is 5.54 Å². The molecule has 0 atom stereocenters. The zero-order valence-electron chi connectivity index (χ0n) is 11.9. The van der Waals surface area contributed by atoms with Gasteiger partial charge in [0.2, 0.25) is 0 Å². The van der Waals surface area contributed by atoms with Crippen LogP contribution < -0.4 is 0 Å². The topological polar surface area (TPSA) is 37.4 Å². The molecule has 0 saturated heterocycles. The summed E-state index contributed by atoms with van der Waals surface area (Å²) in [5.74, 6) is -0.269. The van der Waals surface area contributed by atoms with Crippen LogP contribution >= 0.6 is 0 Å². The number of imide groups is 1. The fourth-order valence-corrected chi connectivity index (χ4v) is 3.11. The number of benzene rings is 1. The summed E-state index contributed by atoms with van der Waals surface area (Å²) in [6.07, 6.45) is 3.63. The summed E-state index contributed by atoms with van der Waals surface area (Å²) in [5, 5.41) is 0. The number of carbonyl (C=O) groups excluding carboxylic acids is 2. The molecule has 0 saturated carbocycles. The van der Waals surface area contributed by atoms with E-state index in [1.165, 1.54) is 4.90 Å². The van der Waals surface area contributed by atoms with Crippen LogP contribution in [0, 0.1) is 0 Å². The Kier molecular flexibility index (Phi) is 3.74. The number of hydrogen-bond donors (Lipinski definition) is 0. The standard InChI is InChI=1S/C16H21NO2/c1-4-10-16(3,11-5-2)17-14(18)12-8-6-7-9-13(12)15(17)19/h6-9H,4-5,10-11H2,1-3H3. The molecule has 102 valence electrons. The SMILES string of the molecule is CCCC(C)(CCC)N1C(=O)c2ccccc2C1=O. The largest absolute Gasteiger partial charge is 0.269 e. The van der Waals surface area contributed by atoms with Crippen molar-refractivity contribution in [2.75, 3.05) is 0 Å². The Balaban J connectivity index is 2.42. The Morgan fingerprint density at radius 3 is 1.74 bits per heavy atom. The van der Waals surface area contributed by atoms with Gasteiger partial charge in [0.15, 0.2) is 0 Å². The second kappa shape index (κ2) is 5.16. The van der Waals surface area contributed by atoms with E-state index in [4.69, 9.17) is 0 Å². The summed E-state index contributed by atoms with van der Waals surface area (Å²) in [6, 6.07) is 7.11. The molecule has 3 nitrogen and oxygen atoms in total. The van der Waals surface area contributed by atoms with Crippen molar-refractivity contribution in [3.63, 3.8) is 0 Å². The van der Waals surface area contributed by atoms with Gasteiger partial charge < -0.3 is 0 Å². The van der Waals surface area contributed by atoms with E-state index < -0.39 is 0 Å². The molecule has 1 aromatic carbocycles. The summed E-state index contributed by atoms with van der Waals surface area (Å²) in [6.45, 7) is 6.21. The highest BCUT2D eigenvalue weighted by Crippen LogP contribution is 2.34. The predicted molar refractivity (Wildman–Crippen MR) is 75.2 cm³/mol. The summed E-state index contributed by atoms with van der Waals surface area (Å²) in [7, 11) is 0. The predicted octanol–water partition coefficient (Wildman–Crippen LogP) is 3.64. The van der Waals surface area contributed by atoms with Gasteiger partial charge in [-0.3, -0.25) is 14.5 Å². The number of amides is 2. The molecule has 0 aromatic heterocycles. The van der Waals surface area contributed by atoms with E-state index in [1.807, 2.05) is 19.1 Å². The van der Waals surface area contributed by atoms with Crippen LogP contribution in [0.2, 0.25) is 0 Å². The van der Waals surface area contributed by atoms with E-state index in [-0.39, 0.29) is 17.4 Å². The average molecular weight is 259 g/mol. The molecule has 2 rings (SSSR count). The monoisotopic (exact) mass is 259 g/mol. The summed E-state index contributed by atoms with van der Waals surface area (Å²) < 4.78 is 0. The first-order valence-corrected chi connectivity index (χ1v) is 7.03. The van der Waals surface area contributed by atoms with Crippen LogP contribution in [-0.2, 0) is 0 Å². The molecule has 19 heavy (non-hydrogen) atoms. The van der Waals surface area contributed by atoms with E-state index in [1.54, 1.807) is 12.1 Å². The lowest BCUT2D eigenvalue weighted by Gasteiger charge is -2.37. The third-order valence-electron chi connectivity index (χ3n) is 3.91. The van der Waals surface area contributed by atoms with E-state index in [0.717, 1.165) is 25.7 Å². The van der Waals surface area contributed by atoms with Crippen LogP contribution in [0.15, 0.2) is 24.3 Å². The first-order chi connectivity index (χ1) is 9.05. The van der Waals surface area contributed by atoms with Gasteiger partial charge in [0.1, 0.15) is 0 Å². The quantitative estimate of drug-likeness (QED) is 0.757. The zero-order chi connectivity index (χ0) is 14.0. The molecule has 0 radical (unpaired) electrons. The molecular weight excluding hydrogens is 238 g/mol. The van der Waals surface area contributed by atoms with Gasteiger partial charge in [-0.25, -0.2) is 0 Å². The number of fused-ring (bicyclic) bond motifs is 1. The zero-order valence-corrected chi connectivity index (χ0v) is 11.9. The number of carbonyl (C=O) groups is 2. The van der Waals surface area contributed by atoms with Gasteiger partial charge >= 0.3 is 0 Å². The summed E-state index contributed by atoms with van der Waals surface area (Å²) in [4.78, 5) is 26.5. The van der Waals surface area contributed by atoms with Crippen molar-refractivity contribution in [1.29, 1.82) is 0 Å². The lowest BCUT2D eigenvalue weighted by Crippen LogP contribution is -2.49. The first kappa shape index (κ1) is 13.8. The lowest BCUT2D eigenvalue weighted by atomic mass is 9.89. The third kappa shape index (κ3) is 2.18. The third-order valence-corrected chi connectivity index (χ3v) is 3.91. The van der Waals surface area contributed by atoms with Crippen molar-refractivity contribution in [2.45, 2.75) is 52.0 Å². The maximum absolute atomic E-state index is 12.5. The van der Waals surface area contributed by atoms with Crippen LogP contribution in [-0.4, -0.2) is 22.3 Å². The molecule has 0 bridgehead atoms. The highest BCUT2D eigenvalue weighted by Gasteiger charge is 2.45. The Bertz CT molecular complexity index is 466. The highest BCUT2D eigenvalue weighted by molar-refractivity contribution is 6.21. The van der Waals surface area contributed by atoms with Crippen molar-refractivity contribution in [3.05, 3.63) is 35.4 Å². The molecule has 1 heterocycles. The normalized spacial score (nSPS) is 15.0. The van der Waals surface area contributed by atoms with Crippen molar-refractivity contribution < 1.29 is 9.59 Å². The maximum Gasteiger partial charge on any atom is 0.262 e. The van der Waals surface area contributed by atoms with Gasteiger partial charge in [-0.1, -0.05) is 38.8 Å². The highest BCUT2D eigenvalue weighted by atomic mass is 16.2. The number of nitrogens with zero attached hydrogens (tertiary/aromatic N) is 1. The second-order valence-electron chi connectivity index (χ2n) is 5.49. The number of hydrogen-bond acceptors (Lipinski definition) is 2. The summed E-state index contributed by atoms with van der Waals surface area (Å²) >= 11 is 0. The van der Waals surface area contributed by atoms with Gasteiger partial charge in [-0.15, -0.1) is 0 Å².